The second-order valence-corrected chi connectivity index (χ2v) is 7.42. The first-order valence-corrected chi connectivity index (χ1v) is 9.84. The highest BCUT2D eigenvalue weighted by molar-refractivity contribution is 14.0. The third kappa shape index (κ3) is 5.90. The molecule has 2 aromatic heterocycles. The fourth-order valence-electron chi connectivity index (χ4n) is 2.89. The Bertz CT molecular complexity index is 885. The fourth-order valence-corrected chi connectivity index (χ4v) is 3.66. The van der Waals surface area contributed by atoms with E-state index in [9.17, 15) is 0 Å². The molecule has 0 spiro atoms. The molecule has 2 N–H and O–H groups in total. The minimum absolute atomic E-state index is 0. The Morgan fingerprint density at radius 1 is 1.22 bits per heavy atom. The molecule has 0 amide bonds. The van der Waals surface area contributed by atoms with Gasteiger partial charge in [0.25, 0.3) is 0 Å². The van der Waals surface area contributed by atoms with Crippen LogP contribution in [-0.2, 0) is 13.0 Å². The molecule has 3 rings (SSSR count). The van der Waals surface area contributed by atoms with Gasteiger partial charge in [0.15, 0.2) is 5.96 Å². The van der Waals surface area contributed by atoms with Gasteiger partial charge in [0.2, 0.25) is 0 Å². The average molecular weight is 498 g/mol. The van der Waals surface area contributed by atoms with Crippen LogP contribution in [0.2, 0.25) is 0 Å². The first-order chi connectivity index (χ1) is 12.7. The number of thiazole rings is 1. The predicted octanol–water partition coefficient (Wildman–Crippen LogP) is 3.53. The summed E-state index contributed by atoms with van der Waals surface area (Å²) in [6.45, 7) is 9.43. The number of para-hydroxylation sites is 2. The average Bonchev–Trinajstić information content (AvgIpc) is 3.18. The molecule has 0 fully saturated rings. The second kappa shape index (κ2) is 10.6. The maximum atomic E-state index is 4.66. The number of rotatable bonds is 7. The molecule has 2 heterocycles. The van der Waals surface area contributed by atoms with E-state index in [1.54, 1.807) is 11.3 Å². The normalized spacial score (nSPS) is 11.4. The number of fused-ring (bicyclic) bond motifs is 1. The third-order valence-electron chi connectivity index (χ3n) is 4.08. The van der Waals surface area contributed by atoms with Crippen LogP contribution in [0, 0.1) is 13.8 Å². The van der Waals surface area contributed by atoms with Gasteiger partial charge in [-0.15, -0.1) is 35.3 Å². The van der Waals surface area contributed by atoms with Gasteiger partial charge in [0.05, 0.1) is 16.0 Å². The molecular formula is C19H27IN6S. The van der Waals surface area contributed by atoms with Crippen molar-refractivity contribution >= 4 is 52.3 Å². The van der Waals surface area contributed by atoms with Gasteiger partial charge in [-0.2, -0.15) is 0 Å². The topological polar surface area (TPSA) is 67.1 Å². The molecule has 0 aliphatic carbocycles. The van der Waals surface area contributed by atoms with Crippen molar-refractivity contribution in [1.29, 1.82) is 0 Å². The predicted molar refractivity (Wildman–Crippen MR) is 124 cm³/mol. The van der Waals surface area contributed by atoms with E-state index in [-0.39, 0.29) is 24.0 Å². The number of nitrogens with zero attached hydrogens (tertiary/aromatic N) is 4. The van der Waals surface area contributed by atoms with Crippen molar-refractivity contribution in [2.45, 2.75) is 33.7 Å². The van der Waals surface area contributed by atoms with Crippen LogP contribution >= 0.6 is 35.3 Å². The Balaban J connectivity index is 0.00000261. The Kier molecular flexibility index (Phi) is 8.49. The number of benzene rings is 1. The maximum Gasteiger partial charge on any atom is 0.191 e. The lowest BCUT2D eigenvalue weighted by molar-refractivity contribution is 0.660. The van der Waals surface area contributed by atoms with E-state index < -0.39 is 0 Å². The number of aryl methyl sites for hydroxylation is 2. The molecule has 0 aliphatic heterocycles. The fraction of sp³-hybridized carbons (Fsp3) is 0.421. The molecule has 0 radical (unpaired) electrons. The number of halogens is 1. The number of hydrogen-bond acceptors (Lipinski definition) is 4. The lowest BCUT2D eigenvalue weighted by Crippen LogP contribution is -2.39. The number of aliphatic imine (C=N–C) groups is 1. The lowest BCUT2D eigenvalue weighted by atomic mass is 10.3. The number of hydrogen-bond donors (Lipinski definition) is 2. The zero-order valence-electron chi connectivity index (χ0n) is 16.0. The van der Waals surface area contributed by atoms with Crippen LogP contribution in [-0.4, -0.2) is 40.1 Å². The van der Waals surface area contributed by atoms with Gasteiger partial charge in [-0.25, -0.2) is 9.97 Å². The van der Waals surface area contributed by atoms with Crippen LogP contribution in [0.25, 0.3) is 11.0 Å². The molecule has 0 unspecified atom stereocenters. The SMILES string of the molecule is CCNC(=NCCc1ncc(C)s1)NCCn1c(C)nc2ccccc21.I. The number of guanidine groups is 1. The van der Waals surface area contributed by atoms with Crippen molar-refractivity contribution in [3.63, 3.8) is 0 Å². The summed E-state index contributed by atoms with van der Waals surface area (Å²) in [7, 11) is 0. The molecule has 1 aromatic carbocycles. The van der Waals surface area contributed by atoms with Crippen LogP contribution in [0.4, 0.5) is 0 Å². The first kappa shape index (κ1) is 21.6. The van der Waals surface area contributed by atoms with E-state index in [0.717, 1.165) is 54.9 Å². The summed E-state index contributed by atoms with van der Waals surface area (Å²) in [5.74, 6) is 1.89. The van der Waals surface area contributed by atoms with Gasteiger partial charge in [-0.1, -0.05) is 12.1 Å². The Morgan fingerprint density at radius 3 is 2.78 bits per heavy atom. The van der Waals surface area contributed by atoms with Gasteiger partial charge < -0.3 is 15.2 Å². The van der Waals surface area contributed by atoms with Crippen molar-refractivity contribution < 1.29 is 0 Å². The summed E-state index contributed by atoms with van der Waals surface area (Å²) < 4.78 is 2.24. The monoisotopic (exact) mass is 498 g/mol. The molecule has 6 nitrogen and oxygen atoms in total. The quantitative estimate of drug-likeness (QED) is 0.297. The highest BCUT2D eigenvalue weighted by Crippen LogP contribution is 2.14. The summed E-state index contributed by atoms with van der Waals surface area (Å²) in [5.41, 5.74) is 2.22. The minimum Gasteiger partial charge on any atom is -0.357 e. The van der Waals surface area contributed by atoms with E-state index in [4.69, 9.17) is 0 Å². The zero-order valence-corrected chi connectivity index (χ0v) is 19.2. The molecular weight excluding hydrogens is 471 g/mol. The smallest absolute Gasteiger partial charge is 0.191 e. The summed E-state index contributed by atoms with van der Waals surface area (Å²) in [6, 6.07) is 8.25. The van der Waals surface area contributed by atoms with Crippen LogP contribution in [0.1, 0.15) is 22.6 Å². The molecule has 8 heteroatoms. The minimum atomic E-state index is 0. The number of nitrogens with one attached hydrogen (secondary N) is 2. The van der Waals surface area contributed by atoms with Crippen LogP contribution in [0.15, 0.2) is 35.5 Å². The summed E-state index contributed by atoms with van der Waals surface area (Å²) >= 11 is 1.74. The van der Waals surface area contributed by atoms with E-state index in [1.165, 1.54) is 10.4 Å². The largest absolute Gasteiger partial charge is 0.357 e. The molecule has 0 aliphatic rings. The highest BCUT2D eigenvalue weighted by atomic mass is 127. The number of imidazole rings is 1. The van der Waals surface area contributed by atoms with Crippen molar-refractivity contribution in [3.05, 3.63) is 46.2 Å². The highest BCUT2D eigenvalue weighted by Gasteiger charge is 2.06. The van der Waals surface area contributed by atoms with Crippen molar-refractivity contribution in [2.75, 3.05) is 19.6 Å². The standard InChI is InChI=1S/C19H26N6S.HI/c1-4-20-19(21-10-9-18-23-13-14(2)26-18)22-11-12-25-15(3)24-16-7-5-6-8-17(16)25;/h5-8,13H,4,9-12H2,1-3H3,(H2,20,21,22);1H. The Hall–Kier alpha value is -1.68. The van der Waals surface area contributed by atoms with E-state index in [2.05, 4.69) is 69.1 Å². The maximum absolute atomic E-state index is 4.66. The molecule has 0 bridgehead atoms. The van der Waals surface area contributed by atoms with Gasteiger partial charge in [0, 0.05) is 43.7 Å². The molecule has 0 saturated carbocycles. The Labute approximate surface area is 181 Å². The van der Waals surface area contributed by atoms with Gasteiger partial charge in [-0.3, -0.25) is 4.99 Å². The summed E-state index contributed by atoms with van der Waals surface area (Å²) in [6.07, 6.45) is 2.80. The third-order valence-corrected chi connectivity index (χ3v) is 5.05. The van der Waals surface area contributed by atoms with Crippen molar-refractivity contribution in [2.24, 2.45) is 4.99 Å². The van der Waals surface area contributed by atoms with Crippen molar-refractivity contribution in [3.8, 4) is 0 Å². The number of aromatic nitrogens is 3. The molecule has 0 saturated heterocycles. The van der Waals surface area contributed by atoms with E-state index >= 15 is 0 Å². The van der Waals surface area contributed by atoms with Gasteiger partial charge >= 0.3 is 0 Å². The molecule has 27 heavy (non-hydrogen) atoms. The van der Waals surface area contributed by atoms with E-state index in [1.807, 2.05) is 12.3 Å². The molecule has 0 atom stereocenters. The lowest BCUT2D eigenvalue weighted by Gasteiger charge is -2.12. The molecule has 3 aromatic rings. The summed E-state index contributed by atoms with van der Waals surface area (Å²) in [4.78, 5) is 14.9. The van der Waals surface area contributed by atoms with Gasteiger partial charge in [0.1, 0.15) is 5.82 Å². The zero-order chi connectivity index (χ0) is 18.4. The Morgan fingerprint density at radius 2 is 2.04 bits per heavy atom. The second-order valence-electron chi connectivity index (χ2n) is 6.10. The van der Waals surface area contributed by atoms with Crippen LogP contribution in [0.3, 0.4) is 0 Å². The van der Waals surface area contributed by atoms with Gasteiger partial charge in [-0.05, 0) is 32.9 Å². The van der Waals surface area contributed by atoms with E-state index in [0.29, 0.717) is 0 Å². The first-order valence-electron chi connectivity index (χ1n) is 9.02. The van der Waals surface area contributed by atoms with Crippen LogP contribution < -0.4 is 10.6 Å². The molecule has 146 valence electrons. The van der Waals surface area contributed by atoms with Crippen LogP contribution in [0.5, 0.6) is 0 Å². The van der Waals surface area contributed by atoms with Crippen molar-refractivity contribution in [1.82, 2.24) is 25.2 Å². The summed E-state index contributed by atoms with van der Waals surface area (Å²) in [5, 5.41) is 7.86.